The summed E-state index contributed by atoms with van der Waals surface area (Å²) in [5.41, 5.74) is 3.16. The Morgan fingerprint density at radius 2 is 1.94 bits per heavy atom. The van der Waals surface area contributed by atoms with E-state index in [1.54, 1.807) is 0 Å². The maximum absolute atomic E-state index is 11.6. The second kappa shape index (κ2) is 4.02. The number of hydrogen-bond acceptors (Lipinski definition) is 2. The first-order valence-electron chi connectivity index (χ1n) is 5.87. The number of anilines is 1. The second-order valence-corrected chi connectivity index (χ2v) is 5.93. The molecule has 1 aliphatic heterocycles. The van der Waals surface area contributed by atoms with Gasteiger partial charge in [0.1, 0.15) is 0 Å². The van der Waals surface area contributed by atoms with Gasteiger partial charge < -0.3 is 4.90 Å². The Kier molecular flexibility index (Phi) is 2.94. The van der Waals surface area contributed by atoms with E-state index < -0.39 is 0 Å². The van der Waals surface area contributed by atoms with Crippen LogP contribution in [0.5, 0.6) is 0 Å². The lowest BCUT2D eigenvalue weighted by Gasteiger charge is -2.34. The van der Waals surface area contributed by atoms with Crippen LogP contribution in [0.2, 0.25) is 5.02 Å². The summed E-state index contributed by atoms with van der Waals surface area (Å²) in [4.78, 5) is 13.8. The normalized spacial score (nSPS) is 18.9. The van der Waals surface area contributed by atoms with E-state index in [9.17, 15) is 4.79 Å². The predicted molar refractivity (Wildman–Crippen MR) is 72.0 cm³/mol. The fourth-order valence-electron chi connectivity index (χ4n) is 2.66. The number of aryl methyl sites for hydroxylation is 2. The number of Topliss-reactive ketones (excluding diaryl/α,β-unsaturated/α-hetero) is 1. The molecule has 0 aromatic heterocycles. The molecule has 0 radical (unpaired) electrons. The average molecular weight is 252 g/mol. The molecule has 0 saturated carbocycles. The molecule has 1 heterocycles. The zero-order valence-corrected chi connectivity index (χ0v) is 11.6. The number of carbonyl (C=O) groups excluding carboxylic acids is 1. The van der Waals surface area contributed by atoms with Gasteiger partial charge in [-0.1, -0.05) is 17.7 Å². The molecule has 2 rings (SSSR count). The Morgan fingerprint density at radius 3 is 2.41 bits per heavy atom. The summed E-state index contributed by atoms with van der Waals surface area (Å²) in [6.07, 6.45) is 0.594. The number of ketones is 1. The average Bonchev–Trinajstić information content (AvgIpc) is 2.37. The molecule has 17 heavy (non-hydrogen) atoms. The van der Waals surface area contributed by atoms with Crippen LogP contribution in [-0.2, 0) is 4.79 Å². The third kappa shape index (κ3) is 2.19. The molecule has 2 nitrogen and oxygen atoms in total. The van der Waals surface area contributed by atoms with Gasteiger partial charge in [0.05, 0.1) is 17.3 Å². The van der Waals surface area contributed by atoms with Crippen LogP contribution in [0.1, 0.15) is 31.4 Å². The molecule has 0 atom stereocenters. The third-order valence-electron chi connectivity index (χ3n) is 3.36. The number of nitrogens with zero attached hydrogens (tertiary/aromatic N) is 1. The summed E-state index contributed by atoms with van der Waals surface area (Å²) < 4.78 is 0. The summed E-state index contributed by atoms with van der Waals surface area (Å²) in [7, 11) is 0. The first-order valence-corrected chi connectivity index (χ1v) is 6.25. The van der Waals surface area contributed by atoms with Crippen LogP contribution in [0.3, 0.4) is 0 Å². The van der Waals surface area contributed by atoms with E-state index in [0.717, 1.165) is 21.8 Å². The first-order chi connectivity index (χ1) is 7.81. The van der Waals surface area contributed by atoms with Crippen LogP contribution in [0.4, 0.5) is 5.69 Å². The monoisotopic (exact) mass is 251 g/mol. The van der Waals surface area contributed by atoms with E-state index in [4.69, 9.17) is 11.6 Å². The van der Waals surface area contributed by atoms with Crippen LogP contribution < -0.4 is 4.90 Å². The molecule has 0 amide bonds. The number of benzene rings is 1. The molecule has 0 spiro atoms. The number of hydrogen-bond donors (Lipinski definition) is 0. The molecule has 1 aliphatic rings. The number of carbonyl (C=O) groups is 1. The summed E-state index contributed by atoms with van der Waals surface area (Å²) >= 11 is 6.34. The molecule has 0 aliphatic carbocycles. The molecule has 1 aromatic carbocycles. The van der Waals surface area contributed by atoms with Crippen molar-refractivity contribution in [3.8, 4) is 0 Å². The lowest BCUT2D eigenvalue weighted by atomic mass is 10.00. The highest BCUT2D eigenvalue weighted by atomic mass is 35.5. The van der Waals surface area contributed by atoms with E-state index in [1.165, 1.54) is 0 Å². The predicted octanol–water partition coefficient (Wildman–Crippen LogP) is 3.51. The van der Waals surface area contributed by atoms with Crippen molar-refractivity contribution in [1.29, 1.82) is 0 Å². The highest BCUT2D eigenvalue weighted by Crippen LogP contribution is 2.39. The SMILES string of the molecule is Cc1cc(C)c(N2CC(=O)CC2(C)C)c(Cl)c1. The summed E-state index contributed by atoms with van der Waals surface area (Å²) in [6, 6.07) is 4.07. The van der Waals surface area contributed by atoms with Gasteiger partial charge in [-0.15, -0.1) is 0 Å². The van der Waals surface area contributed by atoms with Gasteiger partial charge in [-0.05, 0) is 44.9 Å². The summed E-state index contributed by atoms with van der Waals surface area (Å²) in [5.74, 6) is 0.283. The van der Waals surface area contributed by atoms with Gasteiger partial charge >= 0.3 is 0 Å². The molecule has 3 heteroatoms. The lowest BCUT2D eigenvalue weighted by Crippen LogP contribution is -2.38. The van der Waals surface area contributed by atoms with Gasteiger partial charge in [0, 0.05) is 12.0 Å². The van der Waals surface area contributed by atoms with Gasteiger partial charge in [0.25, 0.3) is 0 Å². The molecule has 1 saturated heterocycles. The van der Waals surface area contributed by atoms with Crippen molar-refractivity contribution < 1.29 is 4.79 Å². The molecular formula is C14H18ClNO. The quantitative estimate of drug-likeness (QED) is 0.761. The van der Waals surface area contributed by atoms with Crippen LogP contribution in [0.15, 0.2) is 12.1 Å². The van der Waals surface area contributed by atoms with Crippen molar-refractivity contribution >= 4 is 23.1 Å². The fourth-order valence-corrected chi connectivity index (χ4v) is 3.08. The third-order valence-corrected chi connectivity index (χ3v) is 3.65. The summed E-state index contributed by atoms with van der Waals surface area (Å²) in [5, 5.41) is 0.741. The van der Waals surface area contributed by atoms with Crippen molar-refractivity contribution in [2.75, 3.05) is 11.4 Å². The largest absolute Gasteiger partial charge is 0.357 e. The highest BCUT2D eigenvalue weighted by molar-refractivity contribution is 6.33. The minimum absolute atomic E-state index is 0.138. The molecule has 0 bridgehead atoms. The van der Waals surface area contributed by atoms with Gasteiger partial charge in [0.15, 0.2) is 5.78 Å². The lowest BCUT2D eigenvalue weighted by molar-refractivity contribution is -0.116. The smallest absolute Gasteiger partial charge is 0.154 e. The van der Waals surface area contributed by atoms with Crippen molar-refractivity contribution in [1.82, 2.24) is 0 Å². The minimum atomic E-state index is -0.138. The fraction of sp³-hybridized carbons (Fsp3) is 0.500. The first kappa shape index (κ1) is 12.4. The van der Waals surface area contributed by atoms with E-state index in [-0.39, 0.29) is 11.3 Å². The standard InChI is InChI=1S/C14H18ClNO/c1-9-5-10(2)13(12(15)6-9)16-8-11(17)7-14(16,3)4/h5-6H,7-8H2,1-4H3. The molecule has 0 unspecified atom stereocenters. The number of halogens is 1. The topological polar surface area (TPSA) is 20.3 Å². The summed E-state index contributed by atoms with van der Waals surface area (Å²) in [6.45, 7) is 8.73. The van der Waals surface area contributed by atoms with Crippen LogP contribution in [0, 0.1) is 13.8 Å². The van der Waals surface area contributed by atoms with Gasteiger partial charge in [-0.3, -0.25) is 4.79 Å². The van der Waals surface area contributed by atoms with E-state index >= 15 is 0 Å². The van der Waals surface area contributed by atoms with E-state index in [0.29, 0.717) is 13.0 Å². The number of rotatable bonds is 1. The second-order valence-electron chi connectivity index (χ2n) is 5.53. The van der Waals surface area contributed by atoms with E-state index in [1.807, 2.05) is 19.9 Å². The molecule has 1 fully saturated rings. The van der Waals surface area contributed by atoms with Crippen molar-refractivity contribution in [2.24, 2.45) is 0 Å². The van der Waals surface area contributed by atoms with E-state index in [2.05, 4.69) is 24.8 Å². The van der Waals surface area contributed by atoms with Crippen molar-refractivity contribution in [3.63, 3.8) is 0 Å². The van der Waals surface area contributed by atoms with Gasteiger partial charge in [-0.2, -0.15) is 0 Å². The molecular weight excluding hydrogens is 234 g/mol. The Morgan fingerprint density at radius 1 is 1.29 bits per heavy atom. The molecule has 92 valence electrons. The maximum atomic E-state index is 11.6. The van der Waals surface area contributed by atoms with Crippen LogP contribution >= 0.6 is 11.6 Å². The van der Waals surface area contributed by atoms with Gasteiger partial charge in [0.2, 0.25) is 0 Å². The Labute approximate surface area is 108 Å². The molecule has 1 aromatic rings. The van der Waals surface area contributed by atoms with Crippen LogP contribution in [-0.4, -0.2) is 17.9 Å². The Bertz CT molecular complexity index is 456. The Balaban J connectivity index is 2.51. The van der Waals surface area contributed by atoms with Crippen molar-refractivity contribution in [2.45, 2.75) is 39.7 Å². The zero-order valence-electron chi connectivity index (χ0n) is 10.8. The van der Waals surface area contributed by atoms with Crippen molar-refractivity contribution in [3.05, 3.63) is 28.3 Å². The highest BCUT2D eigenvalue weighted by Gasteiger charge is 2.38. The zero-order chi connectivity index (χ0) is 12.8. The minimum Gasteiger partial charge on any atom is -0.357 e. The van der Waals surface area contributed by atoms with Gasteiger partial charge in [-0.25, -0.2) is 0 Å². The molecule has 0 N–H and O–H groups in total. The maximum Gasteiger partial charge on any atom is 0.154 e. The van der Waals surface area contributed by atoms with Crippen LogP contribution in [0.25, 0.3) is 0 Å². The Hall–Kier alpha value is -1.02.